The van der Waals surface area contributed by atoms with Gasteiger partial charge in [-0.2, -0.15) is 0 Å². The fourth-order valence-electron chi connectivity index (χ4n) is 2.22. The van der Waals surface area contributed by atoms with Gasteiger partial charge in [0, 0.05) is 17.5 Å². The number of hydrogen-bond donors (Lipinski definition) is 1. The van der Waals surface area contributed by atoms with Crippen molar-refractivity contribution in [3.8, 4) is 5.75 Å². The Bertz CT molecular complexity index is 632. The Morgan fingerprint density at radius 3 is 2.81 bits per heavy atom. The molecule has 0 aliphatic heterocycles. The number of hydrogen-bond acceptors (Lipinski definition) is 4. The van der Waals surface area contributed by atoms with Gasteiger partial charge in [0.2, 0.25) is 0 Å². The molecule has 0 spiro atoms. The van der Waals surface area contributed by atoms with E-state index in [4.69, 9.17) is 9.15 Å². The average Bonchev–Trinajstić information content (AvgIpc) is 2.80. The van der Waals surface area contributed by atoms with E-state index in [-0.39, 0.29) is 5.91 Å². The van der Waals surface area contributed by atoms with Gasteiger partial charge < -0.3 is 19.4 Å². The maximum atomic E-state index is 12.2. The molecule has 0 saturated heterocycles. The van der Waals surface area contributed by atoms with Gasteiger partial charge in [0.25, 0.3) is 5.91 Å². The zero-order chi connectivity index (χ0) is 15.4. The molecule has 5 heteroatoms. The van der Waals surface area contributed by atoms with Crippen LogP contribution in [0.25, 0.3) is 11.0 Å². The summed E-state index contributed by atoms with van der Waals surface area (Å²) in [6.45, 7) is 3.47. The summed E-state index contributed by atoms with van der Waals surface area (Å²) in [5.74, 6) is 0.967. The molecule has 1 amide bonds. The monoisotopic (exact) mass is 290 g/mol. The van der Waals surface area contributed by atoms with Crippen molar-refractivity contribution in [3.05, 3.63) is 29.5 Å². The Labute approximate surface area is 124 Å². The molecule has 2 aromatic rings. The molecule has 0 aliphatic rings. The minimum absolute atomic E-state index is 0.165. The molecule has 1 N–H and O–H groups in total. The van der Waals surface area contributed by atoms with E-state index >= 15 is 0 Å². The number of rotatable bonds is 6. The lowest BCUT2D eigenvalue weighted by molar-refractivity contribution is 0.0926. The average molecular weight is 290 g/mol. The number of carbonyl (C=O) groups is 1. The third kappa shape index (κ3) is 3.55. The maximum Gasteiger partial charge on any atom is 0.287 e. The molecule has 1 heterocycles. The number of benzene rings is 1. The van der Waals surface area contributed by atoms with E-state index in [2.05, 4.69) is 10.2 Å². The second-order valence-electron chi connectivity index (χ2n) is 5.33. The zero-order valence-electron chi connectivity index (χ0n) is 13.0. The highest BCUT2D eigenvalue weighted by Gasteiger charge is 2.17. The minimum Gasteiger partial charge on any atom is -0.497 e. The number of nitrogens with one attached hydrogen (secondary N) is 1. The molecule has 0 atom stereocenters. The molecule has 1 aromatic carbocycles. The van der Waals surface area contributed by atoms with Crippen LogP contribution in [0.5, 0.6) is 5.75 Å². The van der Waals surface area contributed by atoms with Gasteiger partial charge in [0.1, 0.15) is 11.3 Å². The summed E-state index contributed by atoms with van der Waals surface area (Å²) in [5, 5.41) is 3.80. The van der Waals surface area contributed by atoms with Gasteiger partial charge in [0.15, 0.2) is 5.76 Å². The van der Waals surface area contributed by atoms with Gasteiger partial charge in [-0.25, -0.2) is 0 Å². The molecular weight excluding hydrogens is 268 g/mol. The first-order valence-electron chi connectivity index (χ1n) is 7.03. The molecular formula is C16H22N2O3. The van der Waals surface area contributed by atoms with Gasteiger partial charge >= 0.3 is 0 Å². The summed E-state index contributed by atoms with van der Waals surface area (Å²) in [4.78, 5) is 14.3. The van der Waals surface area contributed by atoms with Crippen LogP contribution in [0.2, 0.25) is 0 Å². The standard InChI is InChI=1S/C16H22N2O3/c1-11-13-10-12(20-4)6-7-14(13)21-15(11)16(19)17-8-5-9-18(2)3/h6-7,10H,5,8-9H2,1-4H3,(H,17,19). The van der Waals surface area contributed by atoms with Crippen molar-refractivity contribution in [2.75, 3.05) is 34.3 Å². The molecule has 0 radical (unpaired) electrons. The van der Waals surface area contributed by atoms with E-state index in [0.29, 0.717) is 17.9 Å². The van der Waals surface area contributed by atoms with Gasteiger partial charge in [-0.15, -0.1) is 0 Å². The van der Waals surface area contributed by atoms with Crippen molar-refractivity contribution in [1.82, 2.24) is 10.2 Å². The van der Waals surface area contributed by atoms with Crippen molar-refractivity contribution < 1.29 is 13.9 Å². The highest BCUT2D eigenvalue weighted by atomic mass is 16.5. The second-order valence-corrected chi connectivity index (χ2v) is 5.33. The lowest BCUT2D eigenvalue weighted by atomic mass is 10.1. The molecule has 0 aliphatic carbocycles. The number of nitrogens with zero attached hydrogens (tertiary/aromatic N) is 1. The minimum atomic E-state index is -0.165. The maximum absolute atomic E-state index is 12.2. The van der Waals surface area contributed by atoms with Crippen molar-refractivity contribution in [1.29, 1.82) is 0 Å². The highest BCUT2D eigenvalue weighted by molar-refractivity contribution is 5.99. The summed E-state index contributed by atoms with van der Waals surface area (Å²) in [7, 11) is 5.65. The quantitative estimate of drug-likeness (QED) is 0.830. The number of carbonyl (C=O) groups excluding carboxylic acids is 1. The molecule has 0 bridgehead atoms. The largest absolute Gasteiger partial charge is 0.497 e. The Balaban J connectivity index is 2.10. The lowest BCUT2D eigenvalue weighted by Gasteiger charge is -2.09. The van der Waals surface area contributed by atoms with E-state index in [9.17, 15) is 4.79 Å². The van der Waals surface area contributed by atoms with Gasteiger partial charge in [0.05, 0.1) is 7.11 Å². The molecule has 0 saturated carbocycles. The molecule has 21 heavy (non-hydrogen) atoms. The van der Waals surface area contributed by atoms with E-state index in [0.717, 1.165) is 29.7 Å². The van der Waals surface area contributed by atoms with E-state index < -0.39 is 0 Å². The number of ether oxygens (including phenoxy) is 1. The summed E-state index contributed by atoms with van der Waals surface area (Å²) in [5.41, 5.74) is 1.54. The zero-order valence-corrected chi connectivity index (χ0v) is 13.0. The van der Waals surface area contributed by atoms with Crippen LogP contribution < -0.4 is 10.1 Å². The number of methoxy groups -OCH3 is 1. The summed E-state index contributed by atoms with van der Waals surface area (Å²) < 4.78 is 10.9. The van der Waals surface area contributed by atoms with Crippen LogP contribution in [0.1, 0.15) is 22.5 Å². The van der Waals surface area contributed by atoms with E-state index in [1.54, 1.807) is 7.11 Å². The molecule has 2 rings (SSSR count). The molecule has 114 valence electrons. The van der Waals surface area contributed by atoms with Crippen LogP contribution in [0.3, 0.4) is 0 Å². The smallest absolute Gasteiger partial charge is 0.287 e. The predicted octanol–water partition coefficient (Wildman–Crippen LogP) is 2.43. The predicted molar refractivity (Wildman–Crippen MR) is 83.0 cm³/mol. The Kier molecular flexibility index (Phi) is 4.85. The number of amides is 1. The molecule has 5 nitrogen and oxygen atoms in total. The van der Waals surface area contributed by atoms with Gasteiger partial charge in [-0.05, 0) is 52.2 Å². The third-order valence-electron chi connectivity index (χ3n) is 3.42. The number of aryl methyl sites for hydroxylation is 1. The number of furan rings is 1. The van der Waals surface area contributed by atoms with E-state index in [1.165, 1.54) is 0 Å². The topological polar surface area (TPSA) is 54.7 Å². The highest BCUT2D eigenvalue weighted by Crippen LogP contribution is 2.28. The first-order chi connectivity index (χ1) is 10.0. The Morgan fingerprint density at radius 2 is 2.14 bits per heavy atom. The van der Waals surface area contributed by atoms with Crippen molar-refractivity contribution in [2.24, 2.45) is 0 Å². The van der Waals surface area contributed by atoms with Crippen molar-refractivity contribution in [2.45, 2.75) is 13.3 Å². The summed E-state index contributed by atoms with van der Waals surface area (Å²) in [6, 6.07) is 5.53. The van der Waals surface area contributed by atoms with Crippen LogP contribution in [0.4, 0.5) is 0 Å². The summed E-state index contributed by atoms with van der Waals surface area (Å²) >= 11 is 0. The van der Waals surface area contributed by atoms with E-state index in [1.807, 2.05) is 39.2 Å². The van der Waals surface area contributed by atoms with Crippen molar-refractivity contribution >= 4 is 16.9 Å². The molecule has 0 fully saturated rings. The van der Waals surface area contributed by atoms with Crippen LogP contribution >= 0.6 is 0 Å². The van der Waals surface area contributed by atoms with Gasteiger partial charge in [-0.3, -0.25) is 4.79 Å². The van der Waals surface area contributed by atoms with Crippen LogP contribution in [0, 0.1) is 6.92 Å². The SMILES string of the molecule is COc1ccc2oc(C(=O)NCCCN(C)C)c(C)c2c1. The Morgan fingerprint density at radius 1 is 1.38 bits per heavy atom. The fraction of sp³-hybridized carbons (Fsp3) is 0.438. The second kappa shape index (κ2) is 6.63. The Hall–Kier alpha value is -2.01. The molecule has 1 aromatic heterocycles. The third-order valence-corrected chi connectivity index (χ3v) is 3.42. The fourth-order valence-corrected chi connectivity index (χ4v) is 2.22. The van der Waals surface area contributed by atoms with Crippen LogP contribution in [-0.2, 0) is 0 Å². The van der Waals surface area contributed by atoms with Crippen LogP contribution in [0.15, 0.2) is 22.6 Å². The first kappa shape index (κ1) is 15.4. The summed E-state index contributed by atoms with van der Waals surface area (Å²) in [6.07, 6.45) is 0.909. The van der Waals surface area contributed by atoms with Crippen molar-refractivity contribution in [3.63, 3.8) is 0 Å². The number of fused-ring (bicyclic) bond motifs is 1. The normalized spacial score (nSPS) is 11.1. The lowest BCUT2D eigenvalue weighted by Crippen LogP contribution is -2.27. The van der Waals surface area contributed by atoms with Crippen LogP contribution in [-0.4, -0.2) is 45.1 Å². The molecule has 0 unspecified atom stereocenters. The first-order valence-corrected chi connectivity index (χ1v) is 7.03. The van der Waals surface area contributed by atoms with Gasteiger partial charge in [-0.1, -0.05) is 0 Å².